The highest BCUT2D eigenvalue weighted by atomic mass is 35.5. The molecule has 0 amide bonds. The molecule has 2 atom stereocenters. The normalized spacial score (nSPS) is 23.6. The Balaban J connectivity index is 2.20. The van der Waals surface area contributed by atoms with E-state index in [9.17, 15) is 4.79 Å². The molecule has 1 aromatic carbocycles. The van der Waals surface area contributed by atoms with Gasteiger partial charge in [-0.3, -0.25) is 4.79 Å². The molecule has 0 aromatic heterocycles. The summed E-state index contributed by atoms with van der Waals surface area (Å²) in [4.78, 5) is 11.8. The zero-order valence-corrected chi connectivity index (χ0v) is 10.5. The third-order valence-electron chi connectivity index (χ3n) is 3.11. The van der Waals surface area contributed by atoms with Crippen molar-refractivity contribution in [2.45, 2.75) is 12.8 Å². The molecule has 1 aliphatic heterocycles. The molecule has 0 radical (unpaired) electrons. The summed E-state index contributed by atoms with van der Waals surface area (Å²) < 4.78 is 5.10. The van der Waals surface area contributed by atoms with E-state index in [2.05, 4.69) is 5.32 Å². The quantitative estimate of drug-likeness (QED) is 0.840. The smallest absolute Gasteiger partial charge is 0.310 e. The van der Waals surface area contributed by atoms with Gasteiger partial charge in [-0.2, -0.15) is 0 Å². The Bertz CT molecular complexity index is 408. The van der Waals surface area contributed by atoms with Crippen molar-refractivity contribution >= 4 is 17.6 Å². The third-order valence-corrected chi connectivity index (χ3v) is 3.45. The number of ether oxygens (including phenoxy) is 1. The molecule has 92 valence electrons. The van der Waals surface area contributed by atoms with E-state index in [0.29, 0.717) is 13.2 Å². The molecular weight excluding hydrogens is 238 g/mol. The summed E-state index contributed by atoms with van der Waals surface area (Å²) in [6.45, 7) is 3.68. The van der Waals surface area contributed by atoms with Crippen molar-refractivity contribution in [3.05, 3.63) is 34.9 Å². The summed E-state index contributed by atoms with van der Waals surface area (Å²) in [5.74, 6) is -0.153. The maximum atomic E-state index is 11.8. The molecule has 0 aliphatic carbocycles. The molecule has 2 rings (SSSR count). The molecule has 1 fully saturated rings. The predicted molar refractivity (Wildman–Crippen MR) is 67.2 cm³/mol. The molecule has 1 N–H and O–H groups in total. The van der Waals surface area contributed by atoms with Crippen LogP contribution in [0.5, 0.6) is 0 Å². The molecule has 0 saturated carbocycles. The number of halogens is 1. The molecule has 4 heteroatoms. The topological polar surface area (TPSA) is 38.3 Å². The maximum absolute atomic E-state index is 11.8. The highest BCUT2D eigenvalue weighted by Gasteiger charge is 2.35. The minimum atomic E-state index is -0.137. The van der Waals surface area contributed by atoms with Crippen molar-refractivity contribution in [2.75, 3.05) is 19.7 Å². The average Bonchev–Trinajstić information content (AvgIpc) is 2.79. The van der Waals surface area contributed by atoms with Crippen molar-refractivity contribution < 1.29 is 9.53 Å². The predicted octanol–water partition coefficient (Wildman–Crippen LogP) is 2.21. The number of esters is 1. The number of hydrogen-bond donors (Lipinski definition) is 1. The molecule has 1 aromatic rings. The second-order valence-corrected chi connectivity index (χ2v) is 4.55. The minimum Gasteiger partial charge on any atom is -0.466 e. The molecule has 3 nitrogen and oxygen atoms in total. The number of carbonyl (C=O) groups excluding carboxylic acids is 1. The van der Waals surface area contributed by atoms with E-state index in [-0.39, 0.29) is 17.8 Å². The van der Waals surface area contributed by atoms with E-state index < -0.39 is 0 Å². The van der Waals surface area contributed by atoms with E-state index >= 15 is 0 Å². The van der Waals surface area contributed by atoms with Crippen LogP contribution in [-0.4, -0.2) is 25.7 Å². The lowest BCUT2D eigenvalue weighted by Gasteiger charge is -2.18. The van der Waals surface area contributed by atoms with E-state index in [1.54, 1.807) is 0 Å². The lowest BCUT2D eigenvalue weighted by molar-refractivity contribution is -0.147. The number of carbonyl (C=O) groups is 1. The highest BCUT2D eigenvalue weighted by molar-refractivity contribution is 6.31. The summed E-state index contributed by atoms with van der Waals surface area (Å²) in [6, 6.07) is 7.68. The van der Waals surface area contributed by atoms with Gasteiger partial charge in [0.15, 0.2) is 0 Å². The average molecular weight is 254 g/mol. The summed E-state index contributed by atoms with van der Waals surface area (Å²) in [5.41, 5.74) is 1.03. The lowest BCUT2D eigenvalue weighted by Crippen LogP contribution is -2.24. The van der Waals surface area contributed by atoms with Gasteiger partial charge in [0.1, 0.15) is 0 Å². The van der Waals surface area contributed by atoms with Crippen LogP contribution in [-0.2, 0) is 9.53 Å². The second kappa shape index (κ2) is 5.52. The lowest BCUT2D eigenvalue weighted by atomic mass is 9.89. The first kappa shape index (κ1) is 12.4. The van der Waals surface area contributed by atoms with Gasteiger partial charge in [-0.15, -0.1) is 0 Å². The molecule has 1 aliphatic rings. The van der Waals surface area contributed by atoms with Crippen molar-refractivity contribution in [3.63, 3.8) is 0 Å². The Kier molecular flexibility index (Phi) is 4.02. The van der Waals surface area contributed by atoms with Gasteiger partial charge in [0.25, 0.3) is 0 Å². The zero-order chi connectivity index (χ0) is 12.3. The Hall–Kier alpha value is -1.06. The van der Waals surface area contributed by atoms with Crippen molar-refractivity contribution in [1.82, 2.24) is 5.32 Å². The van der Waals surface area contributed by atoms with Crippen LogP contribution in [0.25, 0.3) is 0 Å². The monoisotopic (exact) mass is 253 g/mol. The van der Waals surface area contributed by atoms with E-state index in [1.807, 2.05) is 31.2 Å². The van der Waals surface area contributed by atoms with Crippen molar-refractivity contribution in [3.8, 4) is 0 Å². The zero-order valence-electron chi connectivity index (χ0n) is 9.78. The van der Waals surface area contributed by atoms with Gasteiger partial charge in [-0.25, -0.2) is 0 Å². The Morgan fingerprint density at radius 1 is 1.47 bits per heavy atom. The SMILES string of the molecule is CCOC(=O)[C@H]1CNC[C@H]1c1ccccc1Cl. The van der Waals surface area contributed by atoms with Gasteiger partial charge in [0.05, 0.1) is 12.5 Å². The fourth-order valence-corrected chi connectivity index (χ4v) is 2.55. The molecule has 0 unspecified atom stereocenters. The molecule has 17 heavy (non-hydrogen) atoms. The summed E-state index contributed by atoms with van der Waals surface area (Å²) in [7, 11) is 0. The van der Waals surface area contributed by atoms with Crippen LogP contribution in [0.15, 0.2) is 24.3 Å². The third kappa shape index (κ3) is 2.61. The van der Waals surface area contributed by atoms with Gasteiger partial charge in [-0.1, -0.05) is 29.8 Å². The first-order chi connectivity index (χ1) is 8.24. The van der Waals surface area contributed by atoms with E-state index in [1.165, 1.54) is 0 Å². The van der Waals surface area contributed by atoms with Crippen LogP contribution in [0.1, 0.15) is 18.4 Å². The Morgan fingerprint density at radius 2 is 2.24 bits per heavy atom. The van der Waals surface area contributed by atoms with E-state index in [0.717, 1.165) is 17.1 Å². The van der Waals surface area contributed by atoms with Crippen molar-refractivity contribution in [2.24, 2.45) is 5.92 Å². The Morgan fingerprint density at radius 3 is 2.94 bits per heavy atom. The molecule has 1 heterocycles. The van der Waals surface area contributed by atoms with Gasteiger partial charge >= 0.3 is 5.97 Å². The van der Waals surface area contributed by atoms with Crippen LogP contribution >= 0.6 is 11.6 Å². The molecule has 0 spiro atoms. The summed E-state index contributed by atoms with van der Waals surface area (Å²) in [6.07, 6.45) is 0. The summed E-state index contributed by atoms with van der Waals surface area (Å²) >= 11 is 6.17. The van der Waals surface area contributed by atoms with Crippen LogP contribution in [0.4, 0.5) is 0 Å². The number of hydrogen-bond acceptors (Lipinski definition) is 3. The number of benzene rings is 1. The number of nitrogens with one attached hydrogen (secondary N) is 1. The largest absolute Gasteiger partial charge is 0.466 e. The van der Waals surface area contributed by atoms with E-state index in [4.69, 9.17) is 16.3 Å². The number of rotatable bonds is 3. The minimum absolute atomic E-state index is 0.114. The van der Waals surface area contributed by atoms with Crippen LogP contribution in [0, 0.1) is 5.92 Å². The molecule has 0 bridgehead atoms. The fourth-order valence-electron chi connectivity index (χ4n) is 2.28. The van der Waals surface area contributed by atoms with Crippen molar-refractivity contribution in [1.29, 1.82) is 0 Å². The molecule has 1 saturated heterocycles. The van der Waals surface area contributed by atoms with Gasteiger partial charge in [0.2, 0.25) is 0 Å². The first-order valence-electron chi connectivity index (χ1n) is 5.85. The fraction of sp³-hybridized carbons (Fsp3) is 0.462. The standard InChI is InChI=1S/C13H16ClNO2/c1-2-17-13(16)11-8-15-7-10(11)9-5-3-4-6-12(9)14/h3-6,10-11,15H,2,7-8H2,1H3/t10-,11-/m0/s1. The molecular formula is C13H16ClNO2. The van der Waals surface area contributed by atoms with Gasteiger partial charge in [-0.05, 0) is 18.6 Å². The van der Waals surface area contributed by atoms with Crippen LogP contribution < -0.4 is 5.32 Å². The van der Waals surface area contributed by atoms with Gasteiger partial charge < -0.3 is 10.1 Å². The Labute approximate surface area is 106 Å². The second-order valence-electron chi connectivity index (χ2n) is 4.14. The van der Waals surface area contributed by atoms with Crippen LogP contribution in [0.2, 0.25) is 5.02 Å². The highest BCUT2D eigenvalue weighted by Crippen LogP contribution is 2.33. The van der Waals surface area contributed by atoms with Gasteiger partial charge in [0, 0.05) is 24.0 Å². The van der Waals surface area contributed by atoms with Crippen LogP contribution in [0.3, 0.4) is 0 Å². The first-order valence-corrected chi connectivity index (χ1v) is 6.23. The maximum Gasteiger partial charge on any atom is 0.310 e. The summed E-state index contributed by atoms with van der Waals surface area (Å²) in [5, 5.41) is 3.95.